The van der Waals surface area contributed by atoms with Crippen molar-refractivity contribution in [1.82, 2.24) is 10.2 Å². The van der Waals surface area contributed by atoms with E-state index in [0.29, 0.717) is 28.8 Å². The zero-order valence-electron chi connectivity index (χ0n) is 19.4. The number of rotatable bonds is 9. The fourth-order valence-electron chi connectivity index (χ4n) is 4.10. The average molecular weight is 510 g/mol. The van der Waals surface area contributed by atoms with E-state index in [2.05, 4.69) is 0 Å². The second-order valence-corrected chi connectivity index (χ2v) is 8.59. The highest BCUT2D eigenvalue weighted by Crippen LogP contribution is 2.39. The topological polar surface area (TPSA) is 83.6 Å². The number of ketones is 2. The van der Waals surface area contributed by atoms with Gasteiger partial charge in [0.25, 0.3) is 11.8 Å². The van der Waals surface area contributed by atoms with Crippen molar-refractivity contribution in [3.63, 3.8) is 0 Å². The molecule has 0 saturated carbocycles. The van der Waals surface area contributed by atoms with Gasteiger partial charge >= 0.3 is 12.1 Å². The maximum absolute atomic E-state index is 14.6. The quantitative estimate of drug-likeness (QED) is 0.507. The lowest BCUT2D eigenvalue weighted by Gasteiger charge is -2.25. The van der Waals surface area contributed by atoms with Crippen LogP contribution in [0.25, 0.3) is 0 Å². The third-order valence-corrected chi connectivity index (χ3v) is 5.93. The highest BCUT2D eigenvalue weighted by molar-refractivity contribution is 6.01. The van der Waals surface area contributed by atoms with Crippen LogP contribution in [0, 0.1) is 0 Å². The Hall–Kier alpha value is -3.63. The van der Waals surface area contributed by atoms with Gasteiger partial charge < -0.3 is 15.0 Å². The number of alkyl halides is 5. The van der Waals surface area contributed by atoms with E-state index < -0.39 is 47.6 Å². The van der Waals surface area contributed by atoms with Gasteiger partial charge in [-0.3, -0.25) is 14.4 Å². The molecule has 1 heterocycles. The second kappa shape index (κ2) is 10.2. The maximum Gasteiger partial charge on any atom is 0.416 e. The summed E-state index contributed by atoms with van der Waals surface area (Å²) in [6, 6.07) is 6.51. The molecule has 2 aromatic rings. The van der Waals surface area contributed by atoms with E-state index in [0.717, 1.165) is 12.1 Å². The minimum absolute atomic E-state index is 0.0488. The van der Waals surface area contributed by atoms with Crippen molar-refractivity contribution >= 4 is 23.4 Å². The molecule has 1 unspecified atom stereocenters. The summed E-state index contributed by atoms with van der Waals surface area (Å²) in [6.45, 7) is 2.32. The van der Waals surface area contributed by atoms with Crippen LogP contribution in [0.1, 0.15) is 59.3 Å². The zero-order chi connectivity index (χ0) is 26.8. The number of hydrogen-bond acceptors (Lipinski definition) is 4. The summed E-state index contributed by atoms with van der Waals surface area (Å²) in [6.07, 6.45) is -4.78. The molecule has 0 saturated heterocycles. The molecular formula is C25H23F5N2O4. The van der Waals surface area contributed by atoms with Crippen molar-refractivity contribution in [2.75, 3.05) is 0 Å². The summed E-state index contributed by atoms with van der Waals surface area (Å²) in [7, 11) is 0. The van der Waals surface area contributed by atoms with Crippen molar-refractivity contribution in [3.8, 4) is 0 Å². The lowest BCUT2D eigenvalue weighted by atomic mass is 10.00. The van der Waals surface area contributed by atoms with E-state index in [4.69, 9.17) is 0 Å². The van der Waals surface area contributed by atoms with Crippen LogP contribution in [0.4, 0.5) is 22.0 Å². The van der Waals surface area contributed by atoms with Gasteiger partial charge in [0.1, 0.15) is 5.78 Å². The largest absolute Gasteiger partial charge is 0.416 e. The standard InChI is InChI=1S/C25H23F5N2O4/c1-14(33)7-10-21(15(2)34)32-13-17-11-16(8-9-18(17)22(32)35)12-31-23(36)24(26,27)19-5-3-4-6-20(19)25(28,29)30/h3-6,8-9,11,21H,7,10,12-13H2,1-2H3,(H,31,36). The molecule has 0 aliphatic carbocycles. The number of carbonyl (C=O) groups excluding carboxylic acids is 4. The number of nitrogens with zero attached hydrogens (tertiary/aromatic N) is 1. The van der Waals surface area contributed by atoms with Crippen LogP contribution in [0.15, 0.2) is 42.5 Å². The fraction of sp³-hybridized carbons (Fsp3) is 0.360. The minimum Gasteiger partial charge on any atom is -0.346 e. The SMILES string of the molecule is CC(=O)CCC(C(C)=O)N1Cc2cc(CNC(=O)C(F)(F)c3ccccc3C(F)(F)F)ccc2C1=O. The molecule has 1 aliphatic heterocycles. The number of carbonyl (C=O) groups is 4. The molecule has 0 radical (unpaired) electrons. The van der Waals surface area contributed by atoms with Gasteiger partial charge in [-0.15, -0.1) is 0 Å². The highest BCUT2D eigenvalue weighted by Gasteiger charge is 2.47. The van der Waals surface area contributed by atoms with E-state index in [1.165, 1.54) is 36.9 Å². The normalized spacial score (nSPS) is 14.4. The van der Waals surface area contributed by atoms with E-state index >= 15 is 0 Å². The van der Waals surface area contributed by atoms with Crippen LogP contribution < -0.4 is 5.32 Å². The Morgan fingerprint density at radius 1 is 1.00 bits per heavy atom. The van der Waals surface area contributed by atoms with E-state index in [1.54, 1.807) is 0 Å². The lowest BCUT2D eigenvalue weighted by Crippen LogP contribution is -2.40. The summed E-state index contributed by atoms with van der Waals surface area (Å²) in [5.74, 6) is -7.18. The zero-order valence-corrected chi connectivity index (χ0v) is 19.4. The Kier molecular flexibility index (Phi) is 7.61. The summed E-state index contributed by atoms with van der Waals surface area (Å²) < 4.78 is 68.7. The molecule has 0 spiro atoms. The lowest BCUT2D eigenvalue weighted by molar-refractivity contribution is -0.153. The average Bonchev–Trinajstić information content (AvgIpc) is 3.12. The molecule has 1 atom stereocenters. The van der Waals surface area contributed by atoms with Crippen LogP contribution in [0.5, 0.6) is 0 Å². The molecule has 2 aromatic carbocycles. The fourth-order valence-corrected chi connectivity index (χ4v) is 4.10. The minimum atomic E-state index is -5.07. The van der Waals surface area contributed by atoms with Gasteiger partial charge in [0.15, 0.2) is 5.78 Å². The Balaban J connectivity index is 1.74. The van der Waals surface area contributed by atoms with Gasteiger partial charge in [-0.1, -0.05) is 30.3 Å². The maximum atomic E-state index is 14.6. The molecule has 0 bridgehead atoms. The molecular weight excluding hydrogens is 487 g/mol. The molecule has 0 fully saturated rings. The first-order chi connectivity index (χ1) is 16.7. The van der Waals surface area contributed by atoms with Crippen LogP contribution in [0.2, 0.25) is 0 Å². The van der Waals surface area contributed by atoms with Crippen LogP contribution >= 0.6 is 0 Å². The Morgan fingerprint density at radius 2 is 1.64 bits per heavy atom. The molecule has 1 N–H and O–H groups in total. The first-order valence-electron chi connectivity index (χ1n) is 11.0. The van der Waals surface area contributed by atoms with Gasteiger partial charge in [-0.25, -0.2) is 0 Å². The predicted molar refractivity (Wildman–Crippen MR) is 118 cm³/mol. The number of nitrogens with one attached hydrogen (secondary N) is 1. The predicted octanol–water partition coefficient (Wildman–Crippen LogP) is 4.40. The van der Waals surface area contributed by atoms with Crippen LogP contribution in [0.3, 0.4) is 0 Å². The van der Waals surface area contributed by atoms with Crippen molar-refractivity contribution in [2.24, 2.45) is 0 Å². The molecule has 11 heteroatoms. The molecule has 192 valence electrons. The van der Waals surface area contributed by atoms with Crippen molar-refractivity contribution in [2.45, 2.75) is 57.9 Å². The van der Waals surface area contributed by atoms with Gasteiger partial charge in [0, 0.05) is 30.6 Å². The van der Waals surface area contributed by atoms with Gasteiger partial charge in [-0.05, 0) is 43.5 Å². The Bertz CT molecular complexity index is 1210. The molecule has 3 rings (SSSR count). The van der Waals surface area contributed by atoms with E-state index in [-0.39, 0.29) is 31.0 Å². The summed E-state index contributed by atoms with van der Waals surface area (Å²) in [5, 5.41) is 1.96. The molecule has 36 heavy (non-hydrogen) atoms. The molecule has 0 aromatic heterocycles. The number of fused-ring (bicyclic) bond motifs is 1. The first-order valence-corrected chi connectivity index (χ1v) is 11.0. The van der Waals surface area contributed by atoms with Crippen molar-refractivity contribution in [3.05, 3.63) is 70.3 Å². The summed E-state index contributed by atoms with van der Waals surface area (Å²) in [4.78, 5) is 49.7. The third-order valence-electron chi connectivity index (χ3n) is 5.93. The van der Waals surface area contributed by atoms with E-state index in [9.17, 15) is 41.1 Å². The number of benzene rings is 2. The highest BCUT2D eigenvalue weighted by atomic mass is 19.4. The Labute approximate surface area is 203 Å². The summed E-state index contributed by atoms with van der Waals surface area (Å²) in [5.41, 5.74) is -1.93. The number of amides is 2. The molecule has 2 amide bonds. The van der Waals surface area contributed by atoms with Crippen LogP contribution in [-0.4, -0.2) is 34.3 Å². The monoisotopic (exact) mass is 510 g/mol. The summed E-state index contributed by atoms with van der Waals surface area (Å²) >= 11 is 0. The first kappa shape index (κ1) is 27.0. The van der Waals surface area contributed by atoms with E-state index in [1.807, 2.05) is 5.32 Å². The molecule has 1 aliphatic rings. The third kappa shape index (κ3) is 5.60. The van der Waals surface area contributed by atoms with Crippen molar-refractivity contribution in [1.29, 1.82) is 0 Å². The second-order valence-electron chi connectivity index (χ2n) is 8.59. The number of hydrogen-bond donors (Lipinski definition) is 1. The van der Waals surface area contributed by atoms with Crippen LogP contribution in [-0.2, 0) is 39.6 Å². The number of halogens is 5. The van der Waals surface area contributed by atoms with Gasteiger partial charge in [0.05, 0.1) is 11.6 Å². The number of Topliss-reactive ketones (excluding diaryl/α,β-unsaturated/α-hetero) is 2. The Morgan fingerprint density at radius 3 is 2.22 bits per heavy atom. The smallest absolute Gasteiger partial charge is 0.346 e. The van der Waals surface area contributed by atoms with Gasteiger partial charge in [0.2, 0.25) is 0 Å². The molecule has 6 nitrogen and oxygen atoms in total. The van der Waals surface area contributed by atoms with Gasteiger partial charge in [-0.2, -0.15) is 22.0 Å². The van der Waals surface area contributed by atoms with Crippen molar-refractivity contribution < 1.29 is 41.1 Å².